The van der Waals surface area contributed by atoms with Crippen molar-refractivity contribution in [1.29, 1.82) is 0 Å². The van der Waals surface area contributed by atoms with Gasteiger partial charge in [0.15, 0.2) is 0 Å². The molecule has 1 aliphatic carbocycles. The molecule has 3 unspecified atom stereocenters. The van der Waals surface area contributed by atoms with E-state index in [0.717, 1.165) is 38.5 Å². The molecule has 1 fully saturated rings. The number of unbranched alkanes of at least 4 members (excludes halogenated alkanes) is 18. The van der Waals surface area contributed by atoms with Crippen molar-refractivity contribution >= 4 is 22.3 Å². The van der Waals surface area contributed by atoms with Crippen molar-refractivity contribution in [3.63, 3.8) is 0 Å². The van der Waals surface area contributed by atoms with E-state index in [2.05, 4.69) is 18.0 Å². The van der Waals surface area contributed by atoms with E-state index < -0.39 is 33.2 Å². The summed E-state index contributed by atoms with van der Waals surface area (Å²) in [6.45, 7) is 6.22. The SMILES string of the molecule is CCCCCCCCCCCCC1(C(=O)O)CC(C)C1(CCCCCCCCCCCC)C(=O)OS(=O)(=O)O. The standard InChI is InChI=1S/C31H58O7S/c1-4-6-8-10-12-14-16-18-20-22-24-30(28(32)33)26-27(3)31(30,29(34)38-39(35,36)37)25-23-21-19-17-15-13-11-9-7-5-2/h27H,4-26H2,1-3H3,(H,32,33)(H,35,36,37). The second-order valence-electron chi connectivity index (χ2n) is 12.1. The molecule has 2 N–H and O–H groups in total. The lowest BCUT2D eigenvalue weighted by atomic mass is 9.41. The topological polar surface area (TPSA) is 118 Å². The predicted octanol–water partition coefficient (Wildman–Crippen LogP) is 9.05. The van der Waals surface area contributed by atoms with Crippen LogP contribution in [0.4, 0.5) is 0 Å². The molecule has 0 amide bonds. The average molecular weight is 575 g/mol. The molecule has 230 valence electrons. The molecule has 1 saturated carbocycles. The van der Waals surface area contributed by atoms with Gasteiger partial charge in [0.2, 0.25) is 0 Å². The molecule has 3 atom stereocenters. The number of hydrogen-bond acceptors (Lipinski definition) is 5. The minimum Gasteiger partial charge on any atom is -0.481 e. The molecule has 0 saturated heterocycles. The Morgan fingerprint density at radius 3 is 1.38 bits per heavy atom. The lowest BCUT2D eigenvalue weighted by molar-refractivity contribution is -0.209. The van der Waals surface area contributed by atoms with Crippen molar-refractivity contribution in [3.05, 3.63) is 0 Å². The van der Waals surface area contributed by atoms with Crippen LogP contribution in [0.5, 0.6) is 0 Å². The normalized spacial score (nSPS) is 22.9. The van der Waals surface area contributed by atoms with Gasteiger partial charge >= 0.3 is 22.3 Å². The number of hydrogen-bond donors (Lipinski definition) is 2. The molecule has 0 aliphatic heterocycles. The molecule has 39 heavy (non-hydrogen) atoms. The van der Waals surface area contributed by atoms with Crippen LogP contribution < -0.4 is 0 Å². The van der Waals surface area contributed by atoms with Gasteiger partial charge < -0.3 is 9.29 Å². The van der Waals surface area contributed by atoms with Crippen molar-refractivity contribution in [3.8, 4) is 0 Å². The number of aliphatic carboxylic acids is 1. The summed E-state index contributed by atoms with van der Waals surface area (Å²) < 4.78 is 36.7. The van der Waals surface area contributed by atoms with Crippen LogP contribution >= 0.6 is 0 Å². The Labute approximate surface area is 239 Å². The zero-order valence-electron chi connectivity index (χ0n) is 25.2. The molecular formula is C31H58O7S. The summed E-state index contributed by atoms with van der Waals surface area (Å²) in [4.78, 5) is 25.9. The van der Waals surface area contributed by atoms with Gasteiger partial charge in [-0.25, -0.2) is 0 Å². The van der Waals surface area contributed by atoms with Gasteiger partial charge in [-0.05, 0) is 25.2 Å². The van der Waals surface area contributed by atoms with E-state index in [1.807, 2.05) is 0 Å². The van der Waals surface area contributed by atoms with Gasteiger partial charge in [0.25, 0.3) is 0 Å². The monoisotopic (exact) mass is 574 g/mol. The maximum Gasteiger partial charge on any atom is 0.448 e. The third-order valence-corrected chi connectivity index (χ3v) is 9.55. The van der Waals surface area contributed by atoms with Crippen LogP contribution in [0, 0.1) is 16.7 Å². The van der Waals surface area contributed by atoms with Gasteiger partial charge in [0.1, 0.15) is 0 Å². The highest BCUT2D eigenvalue weighted by atomic mass is 32.3. The summed E-state index contributed by atoms with van der Waals surface area (Å²) in [5, 5.41) is 10.4. The van der Waals surface area contributed by atoms with Gasteiger partial charge in [-0.15, -0.1) is 0 Å². The summed E-state index contributed by atoms with van der Waals surface area (Å²) in [7, 11) is -5.02. The Kier molecular flexibility index (Phi) is 17.5. The summed E-state index contributed by atoms with van der Waals surface area (Å²) in [6.07, 6.45) is 23.2. The van der Waals surface area contributed by atoms with Crippen LogP contribution in [0.1, 0.15) is 168 Å². The fourth-order valence-corrected chi connectivity index (χ4v) is 7.23. The summed E-state index contributed by atoms with van der Waals surface area (Å²) in [6, 6.07) is 0. The molecule has 7 nitrogen and oxygen atoms in total. The molecule has 1 rings (SSSR count). The van der Waals surface area contributed by atoms with Crippen molar-refractivity contribution in [1.82, 2.24) is 0 Å². The van der Waals surface area contributed by atoms with E-state index in [-0.39, 0.29) is 12.3 Å². The maximum atomic E-state index is 13.2. The number of carbonyl (C=O) groups is 2. The minimum absolute atomic E-state index is 0.267. The van der Waals surface area contributed by atoms with Gasteiger partial charge in [-0.3, -0.25) is 14.1 Å². The van der Waals surface area contributed by atoms with Crippen LogP contribution in [0.25, 0.3) is 0 Å². The van der Waals surface area contributed by atoms with E-state index >= 15 is 0 Å². The molecule has 0 aromatic heterocycles. The summed E-state index contributed by atoms with van der Waals surface area (Å²) >= 11 is 0. The quantitative estimate of drug-likeness (QED) is 0.0824. The molecule has 8 heteroatoms. The first-order chi connectivity index (χ1) is 18.6. The molecule has 0 aromatic carbocycles. The molecule has 1 aliphatic rings. The third kappa shape index (κ3) is 11.7. The average Bonchev–Trinajstić information content (AvgIpc) is 2.86. The first kappa shape index (κ1) is 35.9. The summed E-state index contributed by atoms with van der Waals surface area (Å²) in [5.74, 6) is -2.49. The number of carbonyl (C=O) groups excluding carboxylic acids is 1. The maximum absolute atomic E-state index is 13.2. The Morgan fingerprint density at radius 1 is 0.692 bits per heavy atom. The lowest BCUT2D eigenvalue weighted by Crippen LogP contribution is -2.65. The van der Waals surface area contributed by atoms with Gasteiger partial charge in [0, 0.05) is 0 Å². The van der Waals surface area contributed by atoms with Crippen molar-refractivity contribution in [2.75, 3.05) is 0 Å². The van der Waals surface area contributed by atoms with Gasteiger partial charge in [-0.1, -0.05) is 149 Å². The van der Waals surface area contributed by atoms with Crippen LogP contribution in [0.2, 0.25) is 0 Å². The minimum atomic E-state index is -5.02. The largest absolute Gasteiger partial charge is 0.481 e. The highest BCUT2D eigenvalue weighted by Gasteiger charge is 2.72. The Morgan fingerprint density at radius 2 is 1.05 bits per heavy atom. The van der Waals surface area contributed by atoms with Crippen molar-refractivity contribution in [2.45, 2.75) is 168 Å². The van der Waals surface area contributed by atoms with Crippen LogP contribution in [0.15, 0.2) is 0 Å². The molecule has 0 aromatic rings. The van der Waals surface area contributed by atoms with Crippen LogP contribution in [-0.4, -0.2) is 30.0 Å². The number of carboxylic acid groups (broad SMARTS) is 1. The molecule has 0 radical (unpaired) electrons. The van der Waals surface area contributed by atoms with E-state index in [1.165, 1.54) is 77.0 Å². The first-order valence-corrected chi connectivity index (χ1v) is 17.4. The highest BCUT2D eigenvalue weighted by Crippen LogP contribution is 2.66. The van der Waals surface area contributed by atoms with Crippen LogP contribution in [0.3, 0.4) is 0 Å². The van der Waals surface area contributed by atoms with Crippen molar-refractivity contribution in [2.24, 2.45) is 16.7 Å². The fourth-order valence-electron chi connectivity index (χ4n) is 6.89. The second-order valence-corrected chi connectivity index (χ2v) is 13.1. The van der Waals surface area contributed by atoms with Gasteiger partial charge in [-0.2, -0.15) is 8.42 Å². The zero-order chi connectivity index (χ0) is 29.2. The molecule has 0 spiro atoms. The number of carboxylic acids is 1. The highest BCUT2D eigenvalue weighted by molar-refractivity contribution is 7.81. The Balaban J connectivity index is 2.71. The van der Waals surface area contributed by atoms with Crippen LogP contribution in [-0.2, 0) is 24.2 Å². The molecule has 0 heterocycles. The smallest absolute Gasteiger partial charge is 0.448 e. The van der Waals surface area contributed by atoms with E-state index in [9.17, 15) is 27.7 Å². The van der Waals surface area contributed by atoms with Crippen molar-refractivity contribution < 1.29 is 31.8 Å². The van der Waals surface area contributed by atoms with E-state index in [0.29, 0.717) is 25.7 Å². The Bertz CT molecular complexity index is 797. The Hall–Kier alpha value is -1.15. The fraction of sp³-hybridized carbons (Fsp3) is 0.935. The lowest BCUT2D eigenvalue weighted by Gasteiger charge is -2.59. The third-order valence-electron chi connectivity index (χ3n) is 9.19. The molecule has 0 bridgehead atoms. The molecular weight excluding hydrogens is 516 g/mol. The van der Waals surface area contributed by atoms with E-state index in [4.69, 9.17) is 0 Å². The van der Waals surface area contributed by atoms with Gasteiger partial charge in [0.05, 0.1) is 10.8 Å². The second kappa shape index (κ2) is 19.1. The first-order valence-electron chi connectivity index (χ1n) is 16.0. The predicted molar refractivity (Wildman–Crippen MR) is 157 cm³/mol. The summed E-state index contributed by atoms with van der Waals surface area (Å²) in [5.41, 5.74) is -2.79. The number of rotatable bonds is 25. The zero-order valence-corrected chi connectivity index (χ0v) is 26.0. The van der Waals surface area contributed by atoms with E-state index in [1.54, 1.807) is 6.92 Å².